The highest BCUT2D eigenvalue weighted by molar-refractivity contribution is 5.81. The second kappa shape index (κ2) is 2.47. The SMILES string of the molecule is CCc1nnc(C(=O)O)o1. The molecule has 1 aromatic heterocycles. The quantitative estimate of drug-likeness (QED) is 0.643. The maximum absolute atomic E-state index is 10.1. The lowest BCUT2D eigenvalue weighted by molar-refractivity contribution is 0.0651. The second-order valence-electron chi connectivity index (χ2n) is 1.66. The molecule has 1 N–H and O–H groups in total. The molecule has 1 aromatic rings. The van der Waals surface area contributed by atoms with E-state index in [4.69, 9.17) is 5.11 Å². The van der Waals surface area contributed by atoms with E-state index in [2.05, 4.69) is 14.6 Å². The first-order valence-electron chi connectivity index (χ1n) is 2.79. The largest absolute Gasteiger partial charge is 0.474 e. The van der Waals surface area contributed by atoms with Crippen molar-refractivity contribution >= 4 is 5.97 Å². The molecule has 10 heavy (non-hydrogen) atoms. The zero-order chi connectivity index (χ0) is 7.56. The third kappa shape index (κ3) is 1.12. The Morgan fingerprint density at radius 1 is 1.70 bits per heavy atom. The molecule has 0 saturated heterocycles. The average molecular weight is 142 g/mol. The Kier molecular flexibility index (Phi) is 1.66. The molecule has 0 fully saturated rings. The summed E-state index contributed by atoms with van der Waals surface area (Å²) in [6.45, 7) is 1.80. The molecule has 0 unspecified atom stereocenters. The molecule has 0 atom stereocenters. The number of carboxylic acid groups (broad SMARTS) is 1. The van der Waals surface area contributed by atoms with Crippen LogP contribution in [0, 0.1) is 0 Å². The van der Waals surface area contributed by atoms with Crippen LogP contribution in [0.25, 0.3) is 0 Å². The van der Waals surface area contributed by atoms with Crippen molar-refractivity contribution in [3.05, 3.63) is 11.8 Å². The minimum absolute atomic E-state index is 0.345. The van der Waals surface area contributed by atoms with Crippen molar-refractivity contribution in [1.82, 2.24) is 10.2 Å². The van der Waals surface area contributed by atoms with Crippen LogP contribution in [-0.4, -0.2) is 21.3 Å². The molecule has 54 valence electrons. The van der Waals surface area contributed by atoms with Crippen LogP contribution in [0.1, 0.15) is 23.5 Å². The third-order valence-electron chi connectivity index (χ3n) is 0.952. The van der Waals surface area contributed by atoms with Crippen molar-refractivity contribution < 1.29 is 14.3 Å². The number of hydrogen-bond donors (Lipinski definition) is 1. The molecule has 0 aromatic carbocycles. The van der Waals surface area contributed by atoms with Crippen molar-refractivity contribution in [2.75, 3.05) is 0 Å². The summed E-state index contributed by atoms with van der Waals surface area (Å²) < 4.78 is 4.67. The molecule has 5 heteroatoms. The molecule has 0 amide bonds. The van der Waals surface area contributed by atoms with E-state index in [9.17, 15) is 4.79 Å². The van der Waals surface area contributed by atoms with Gasteiger partial charge in [-0.1, -0.05) is 6.92 Å². The predicted octanol–water partition coefficient (Wildman–Crippen LogP) is 0.330. The zero-order valence-electron chi connectivity index (χ0n) is 5.37. The summed E-state index contributed by atoms with van der Waals surface area (Å²) in [5.41, 5.74) is 0. The van der Waals surface area contributed by atoms with E-state index >= 15 is 0 Å². The molecular weight excluding hydrogens is 136 g/mol. The molecule has 5 nitrogen and oxygen atoms in total. The van der Waals surface area contributed by atoms with Gasteiger partial charge < -0.3 is 9.52 Å². The van der Waals surface area contributed by atoms with Gasteiger partial charge in [0.05, 0.1) is 0 Å². The van der Waals surface area contributed by atoms with Gasteiger partial charge in [-0.2, -0.15) is 0 Å². The summed E-state index contributed by atoms with van der Waals surface area (Å²) in [6.07, 6.45) is 0.556. The Morgan fingerprint density at radius 2 is 2.40 bits per heavy atom. The van der Waals surface area contributed by atoms with Gasteiger partial charge in [-0.05, 0) is 0 Å². The standard InChI is InChI=1S/C5H6N2O3/c1-2-3-6-7-4(10-3)5(8)9/h2H2,1H3,(H,8,9). The van der Waals surface area contributed by atoms with E-state index in [1.54, 1.807) is 6.92 Å². The maximum atomic E-state index is 10.1. The Hall–Kier alpha value is -1.39. The first-order valence-corrected chi connectivity index (χ1v) is 2.79. The van der Waals surface area contributed by atoms with Gasteiger partial charge in [-0.25, -0.2) is 4.79 Å². The van der Waals surface area contributed by atoms with Crippen LogP contribution in [0.4, 0.5) is 0 Å². The number of carbonyl (C=O) groups is 1. The number of carboxylic acids is 1. The molecule has 0 saturated carbocycles. The molecule has 0 aliphatic heterocycles. The van der Waals surface area contributed by atoms with E-state index < -0.39 is 5.97 Å². The molecule has 1 rings (SSSR count). The Labute approximate surface area is 56.7 Å². The highest BCUT2D eigenvalue weighted by Crippen LogP contribution is 1.98. The smallest absolute Gasteiger partial charge is 0.393 e. The second-order valence-corrected chi connectivity index (χ2v) is 1.66. The van der Waals surface area contributed by atoms with Gasteiger partial charge in [0.15, 0.2) is 0 Å². The molecule has 0 spiro atoms. The van der Waals surface area contributed by atoms with Gasteiger partial charge in [-0.3, -0.25) is 0 Å². The fourth-order valence-electron chi connectivity index (χ4n) is 0.483. The number of nitrogens with zero attached hydrogens (tertiary/aromatic N) is 2. The summed E-state index contributed by atoms with van der Waals surface area (Å²) in [4.78, 5) is 10.1. The maximum Gasteiger partial charge on any atom is 0.393 e. The van der Waals surface area contributed by atoms with Crippen LogP contribution < -0.4 is 0 Å². The summed E-state index contributed by atoms with van der Waals surface area (Å²) >= 11 is 0. The molecule has 0 radical (unpaired) electrons. The summed E-state index contributed by atoms with van der Waals surface area (Å²) in [5, 5.41) is 15.0. The van der Waals surface area contributed by atoms with Crippen molar-refractivity contribution in [1.29, 1.82) is 0 Å². The van der Waals surface area contributed by atoms with Gasteiger partial charge in [0.25, 0.3) is 0 Å². The van der Waals surface area contributed by atoms with Crippen LogP contribution >= 0.6 is 0 Å². The summed E-state index contributed by atoms with van der Waals surface area (Å²) in [7, 11) is 0. The van der Waals surface area contributed by atoms with Crippen LogP contribution in [0.15, 0.2) is 4.42 Å². The van der Waals surface area contributed by atoms with E-state index in [1.807, 2.05) is 0 Å². The fraction of sp³-hybridized carbons (Fsp3) is 0.400. The van der Waals surface area contributed by atoms with Gasteiger partial charge in [0, 0.05) is 6.42 Å². The van der Waals surface area contributed by atoms with E-state index in [0.717, 1.165) is 0 Å². The Balaban J connectivity index is 2.88. The number of rotatable bonds is 2. The number of hydrogen-bond acceptors (Lipinski definition) is 4. The monoisotopic (exact) mass is 142 g/mol. The van der Waals surface area contributed by atoms with Crippen LogP contribution in [-0.2, 0) is 6.42 Å². The highest BCUT2D eigenvalue weighted by atomic mass is 16.4. The van der Waals surface area contributed by atoms with Gasteiger partial charge >= 0.3 is 11.9 Å². The zero-order valence-corrected chi connectivity index (χ0v) is 5.37. The van der Waals surface area contributed by atoms with E-state index in [0.29, 0.717) is 12.3 Å². The van der Waals surface area contributed by atoms with Crippen LogP contribution in [0.2, 0.25) is 0 Å². The van der Waals surface area contributed by atoms with Crippen molar-refractivity contribution in [2.24, 2.45) is 0 Å². The Morgan fingerprint density at radius 3 is 2.70 bits per heavy atom. The molecule has 0 aliphatic carbocycles. The Bertz CT molecular complexity index is 243. The lowest BCUT2D eigenvalue weighted by Crippen LogP contribution is -1.95. The van der Waals surface area contributed by atoms with Crippen molar-refractivity contribution in [2.45, 2.75) is 13.3 Å². The van der Waals surface area contributed by atoms with Crippen LogP contribution in [0.5, 0.6) is 0 Å². The van der Waals surface area contributed by atoms with Gasteiger partial charge in [0.2, 0.25) is 5.89 Å². The molecule has 0 bridgehead atoms. The van der Waals surface area contributed by atoms with Gasteiger partial charge in [-0.15, -0.1) is 10.2 Å². The lowest BCUT2D eigenvalue weighted by atomic mass is 10.5. The first kappa shape index (κ1) is 6.73. The first-order chi connectivity index (χ1) is 4.74. The minimum atomic E-state index is -1.19. The van der Waals surface area contributed by atoms with E-state index in [1.165, 1.54) is 0 Å². The molecular formula is C5H6N2O3. The number of aryl methyl sites for hydroxylation is 1. The summed E-state index contributed by atoms with van der Waals surface area (Å²) in [5.74, 6) is -1.19. The normalized spacial score (nSPS) is 9.70. The third-order valence-corrected chi connectivity index (χ3v) is 0.952. The van der Waals surface area contributed by atoms with Crippen LogP contribution in [0.3, 0.4) is 0 Å². The van der Waals surface area contributed by atoms with E-state index in [-0.39, 0.29) is 5.89 Å². The highest BCUT2D eigenvalue weighted by Gasteiger charge is 2.10. The fourth-order valence-corrected chi connectivity index (χ4v) is 0.483. The molecule has 0 aliphatic rings. The van der Waals surface area contributed by atoms with Gasteiger partial charge in [0.1, 0.15) is 0 Å². The average Bonchev–Trinajstić information content (AvgIpc) is 2.34. The number of aromatic nitrogens is 2. The predicted molar refractivity (Wildman–Crippen MR) is 30.6 cm³/mol. The summed E-state index contributed by atoms with van der Waals surface area (Å²) in [6, 6.07) is 0. The lowest BCUT2D eigenvalue weighted by Gasteiger charge is -1.80. The molecule has 1 heterocycles. The van der Waals surface area contributed by atoms with Crippen molar-refractivity contribution in [3.8, 4) is 0 Å². The minimum Gasteiger partial charge on any atom is -0.474 e. The topological polar surface area (TPSA) is 76.2 Å². The number of aromatic carboxylic acids is 1. The van der Waals surface area contributed by atoms with Crippen molar-refractivity contribution in [3.63, 3.8) is 0 Å².